The molecule has 0 unspecified atom stereocenters. The van der Waals surface area contributed by atoms with Crippen molar-refractivity contribution >= 4 is 29.3 Å². The van der Waals surface area contributed by atoms with E-state index in [4.69, 9.17) is 11.6 Å². The Morgan fingerprint density at radius 1 is 1.10 bits per heavy atom. The summed E-state index contributed by atoms with van der Waals surface area (Å²) in [5.74, 6) is -0.428. The van der Waals surface area contributed by atoms with E-state index in [1.54, 1.807) is 28.8 Å². The summed E-state index contributed by atoms with van der Waals surface area (Å²) in [6.45, 7) is 0.587. The lowest BCUT2D eigenvalue weighted by molar-refractivity contribution is -0.136. The molecule has 0 atom stereocenters. The third kappa shape index (κ3) is 5.74. The number of thioether (sulfide) groups is 1. The molecule has 0 fully saturated rings. The maximum absolute atomic E-state index is 12.3. The SMILES string of the molecule is Cc1ccc(-n2c(SCC(=O)NCC(F)(F)F)nnc2-c2ccc(Cl)cc2)cc1. The Morgan fingerprint density at radius 3 is 2.38 bits per heavy atom. The summed E-state index contributed by atoms with van der Waals surface area (Å²) in [4.78, 5) is 11.8. The van der Waals surface area contributed by atoms with Crippen LogP contribution in [0.2, 0.25) is 5.02 Å². The lowest BCUT2D eigenvalue weighted by atomic mass is 10.2. The van der Waals surface area contributed by atoms with Gasteiger partial charge in [-0.3, -0.25) is 9.36 Å². The summed E-state index contributed by atoms with van der Waals surface area (Å²) in [7, 11) is 0. The maximum Gasteiger partial charge on any atom is 0.405 e. The number of aromatic nitrogens is 3. The summed E-state index contributed by atoms with van der Waals surface area (Å²) < 4.78 is 38.5. The topological polar surface area (TPSA) is 59.8 Å². The Hall–Kier alpha value is -2.52. The Labute approximate surface area is 174 Å². The summed E-state index contributed by atoms with van der Waals surface area (Å²) in [5.41, 5.74) is 2.59. The first-order chi connectivity index (χ1) is 13.7. The summed E-state index contributed by atoms with van der Waals surface area (Å²) in [6.07, 6.45) is -4.45. The monoisotopic (exact) mass is 440 g/mol. The Morgan fingerprint density at radius 2 is 1.76 bits per heavy atom. The van der Waals surface area contributed by atoms with Gasteiger partial charge in [0.05, 0.1) is 5.75 Å². The quantitative estimate of drug-likeness (QED) is 0.566. The molecule has 1 amide bonds. The van der Waals surface area contributed by atoms with Crippen molar-refractivity contribution < 1.29 is 18.0 Å². The number of rotatable bonds is 6. The van der Waals surface area contributed by atoms with Crippen LogP contribution in [-0.4, -0.2) is 39.1 Å². The lowest BCUT2D eigenvalue weighted by Gasteiger charge is -2.11. The highest BCUT2D eigenvalue weighted by Gasteiger charge is 2.27. The number of amides is 1. The number of hydrogen-bond donors (Lipinski definition) is 1. The molecule has 0 aliphatic carbocycles. The molecule has 3 rings (SSSR count). The van der Waals surface area contributed by atoms with Crippen molar-refractivity contribution in [1.29, 1.82) is 0 Å². The standard InChI is InChI=1S/C19H16ClF3N4OS/c1-12-2-8-15(9-3-12)27-17(13-4-6-14(20)7-5-13)25-26-18(27)29-10-16(28)24-11-19(21,22)23/h2-9H,10-11H2,1H3,(H,24,28). The second-order valence-corrected chi connectivity index (χ2v) is 7.54. The van der Waals surface area contributed by atoms with Crippen LogP contribution >= 0.6 is 23.4 Å². The number of nitrogens with one attached hydrogen (secondary N) is 1. The third-order valence-electron chi connectivity index (χ3n) is 3.85. The number of alkyl halides is 3. The predicted molar refractivity (Wildman–Crippen MR) is 106 cm³/mol. The molecule has 0 radical (unpaired) electrons. The van der Waals surface area contributed by atoms with Crippen LogP contribution in [0.25, 0.3) is 17.1 Å². The second kappa shape index (κ2) is 8.87. The van der Waals surface area contributed by atoms with E-state index in [-0.39, 0.29) is 5.75 Å². The fourth-order valence-electron chi connectivity index (χ4n) is 2.46. The molecular formula is C19H16ClF3N4OS. The number of nitrogens with zero attached hydrogens (tertiary/aromatic N) is 3. The Balaban J connectivity index is 1.88. The van der Waals surface area contributed by atoms with Crippen LogP contribution in [0.15, 0.2) is 53.7 Å². The van der Waals surface area contributed by atoms with E-state index in [1.165, 1.54) is 0 Å². The van der Waals surface area contributed by atoms with Crippen LogP contribution in [0.5, 0.6) is 0 Å². The summed E-state index contributed by atoms with van der Waals surface area (Å²) >= 11 is 6.96. The summed E-state index contributed by atoms with van der Waals surface area (Å²) in [6, 6.07) is 14.6. The minimum Gasteiger partial charge on any atom is -0.346 e. The molecule has 1 heterocycles. The zero-order valence-electron chi connectivity index (χ0n) is 15.2. The average molecular weight is 441 g/mol. The zero-order valence-corrected chi connectivity index (χ0v) is 16.8. The van der Waals surface area contributed by atoms with Gasteiger partial charge in [-0.05, 0) is 43.3 Å². The van der Waals surface area contributed by atoms with E-state index in [2.05, 4.69) is 10.2 Å². The van der Waals surface area contributed by atoms with Gasteiger partial charge in [-0.15, -0.1) is 10.2 Å². The van der Waals surface area contributed by atoms with Crippen LogP contribution in [-0.2, 0) is 4.79 Å². The van der Waals surface area contributed by atoms with Crippen LogP contribution in [0.4, 0.5) is 13.2 Å². The van der Waals surface area contributed by atoms with Gasteiger partial charge in [0.15, 0.2) is 11.0 Å². The number of aryl methyl sites for hydroxylation is 1. The van der Waals surface area contributed by atoms with Gasteiger partial charge in [0.1, 0.15) is 6.54 Å². The second-order valence-electron chi connectivity index (χ2n) is 6.16. The molecule has 0 spiro atoms. The van der Waals surface area contributed by atoms with Gasteiger partial charge in [-0.2, -0.15) is 13.2 Å². The van der Waals surface area contributed by atoms with Crippen LogP contribution in [0, 0.1) is 6.92 Å². The molecule has 3 aromatic rings. The van der Waals surface area contributed by atoms with E-state index in [0.717, 1.165) is 28.6 Å². The Kier molecular flexibility index (Phi) is 6.49. The summed E-state index contributed by atoms with van der Waals surface area (Å²) in [5, 5.41) is 11.2. The van der Waals surface area contributed by atoms with Crippen molar-refractivity contribution in [2.24, 2.45) is 0 Å². The molecule has 0 bridgehead atoms. The van der Waals surface area contributed by atoms with Crippen molar-refractivity contribution in [3.8, 4) is 17.1 Å². The fraction of sp³-hybridized carbons (Fsp3) is 0.211. The molecule has 10 heteroatoms. The van der Waals surface area contributed by atoms with E-state index in [9.17, 15) is 18.0 Å². The van der Waals surface area contributed by atoms with E-state index >= 15 is 0 Å². The van der Waals surface area contributed by atoms with Gasteiger partial charge in [0.25, 0.3) is 0 Å². The predicted octanol–water partition coefficient (Wildman–Crippen LogP) is 4.67. The lowest BCUT2D eigenvalue weighted by Crippen LogP contribution is -2.34. The first-order valence-electron chi connectivity index (χ1n) is 8.47. The molecular weight excluding hydrogens is 425 g/mol. The van der Waals surface area contributed by atoms with Crippen molar-refractivity contribution in [3.05, 3.63) is 59.1 Å². The molecule has 1 aromatic heterocycles. The van der Waals surface area contributed by atoms with E-state index in [1.807, 2.05) is 36.5 Å². The van der Waals surface area contributed by atoms with Crippen LogP contribution in [0.1, 0.15) is 5.56 Å². The van der Waals surface area contributed by atoms with Crippen molar-refractivity contribution in [2.75, 3.05) is 12.3 Å². The molecule has 0 aliphatic heterocycles. The maximum atomic E-state index is 12.3. The fourth-order valence-corrected chi connectivity index (χ4v) is 3.36. The van der Waals surface area contributed by atoms with Crippen molar-refractivity contribution in [3.63, 3.8) is 0 Å². The molecule has 2 aromatic carbocycles. The normalized spacial score (nSPS) is 11.5. The number of benzene rings is 2. The van der Waals surface area contributed by atoms with Gasteiger partial charge < -0.3 is 5.32 Å². The minimum absolute atomic E-state index is 0.222. The molecule has 0 saturated heterocycles. The highest BCUT2D eigenvalue weighted by molar-refractivity contribution is 7.99. The van der Waals surface area contributed by atoms with Gasteiger partial charge in [-0.1, -0.05) is 41.1 Å². The highest BCUT2D eigenvalue weighted by Crippen LogP contribution is 2.29. The van der Waals surface area contributed by atoms with Gasteiger partial charge in [-0.25, -0.2) is 0 Å². The molecule has 5 nitrogen and oxygen atoms in total. The van der Waals surface area contributed by atoms with Crippen molar-refractivity contribution in [1.82, 2.24) is 20.1 Å². The molecule has 1 N–H and O–H groups in total. The molecule has 0 aliphatic rings. The average Bonchev–Trinajstić information content (AvgIpc) is 3.09. The van der Waals surface area contributed by atoms with Crippen LogP contribution < -0.4 is 5.32 Å². The first kappa shape index (κ1) is 21.2. The van der Waals surface area contributed by atoms with Crippen LogP contribution in [0.3, 0.4) is 0 Å². The third-order valence-corrected chi connectivity index (χ3v) is 5.03. The number of carbonyl (C=O) groups excluding carboxylic acids is 1. The van der Waals surface area contributed by atoms with Crippen molar-refractivity contribution in [2.45, 2.75) is 18.3 Å². The number of halogens is 4. The Bertz CT molecular complexity index is 988. The van der Waals surface area contributed by atoms with Gasteiger partial charge in [0, 0.05) is 16.3 Å². The molecule has 152 valence electrons. The zero-order chi connectivity index (χ0) is 21.0. The highest BCUT2D eigenvalue weighted by atomic mass is 35.5. The smallest absolute Gasteiger partial charge is 0.346 e. The van der Waals surface area contributed by atoms with E-state index in [0.29, 0.717) is 16.0 Å². The minimum atomic E-state index is -4.45. The molecule has 29 heavy (non-hydrogen) atoms. The van der Waals surface area contributed by atoms with Gasteiger partial charge in [0.2, 0.25) is 5.91 Å². The first-order valence-corrected chi connectivity index (χ1v) is 9.84. The van der Waals surface area contributed by atoms with E-state index < -0.39 is 18.6 Å². The number of hydrogen-bond acceptors (Lipinski definition) is 4. The largest absolute Gasteiger partial charge is 0.405 e. The number of carbonyl (C=O) groups is 1. The van der Waals surface area contributed by atoms with Gasteiger partial charge >= 0.3 is 6.18 Å². The molecule has 0 saturated carbocycles.